The number of H-pyrrole nitrogens is 1. The standard InChI is InChI=1S/C21H21F3N2O3/c1-26(2)10-9-14-12-25-16-5-4-6-18(19(14)16)29-20(27)13-7-8-17(28-3)15(11-13)21(22,23)24/h4-8,11-12,25H,9-10H2,1-3H3. The summed E-state index contributed by atoms with van der Waals surface area (Å²) in [5, 5.41) is 0.743. The van der Waals surface area contributed by atoms with Gasteiger partial charge in [0.2, 0.25) is 0 Å². The van der Waals surface area contributed by atoms with Gasteiger partial charge in [0.15, 0.2) is 0 Å². The number of nitrogens with zero attached hydrogens (tertiary/aromatic N) is 1. The Morgan fingerprint density at radius 2 is 1.90 bits per heavy atom. The largest absolute Gasteiger partial charge is 0.496 e. The molecule has 1 heterocycles. The number of nitrogens with one attached hydrogen (secondary N) is 1. The molecule has 29 heavy (non-hydrogen) atoms. The van der Waals surface area contributed by atoms with Crippen molar-refractivity contribution in [2.24, 2.45) is 0 Å². The molecule has 154 valence electrons. The molecule has 1 N–H and O–H groups in total. The van der Waals surface area contributed by atoms with Crippen LogP contribution in [-0.4, -0.2) is 43.6 Å². The van der Waals surface area contributed by atoms with E-state index in [1.54, 1.807) is 12.1 Å². The summed E-state index contributed by atoms with van der Waals surface area (Å²) >= 11 is 0. The van der Waals surface area contributed by atoms with E-state index in [9.17, 15) is 18.0 Å². The lowest BCUT2D eigenvalue weighted by atomic mass is 10.1. The van der Waals surface area contributed by atoms with Crippen molar-refractivity contribution in [2.75, 3.05) is 27.7 Å². The van der Waals surface area contributed by atoms with Gasteiger partial charge in [0.25, 0.3) is 0 Å². The van der Waals surface area contributed by atoms with Gasteiger partial charge in [0, 0.05) is 23.6 Å². The fourth-order valence-electron chi connectivity index (χ4n) is 3.06. The number of ether oxygens (including phenoxy) is 2. The van der Waals surface area contributed by atoms with Gasteiger partial charge in [-0.25, -0.2) is 4.79 Å². The van der Waals surface area contributed by atoms with Crippen LogP contribution < -0.4 is 9.47 Å². The number of benzene rings is 2. The van der Waals surface area contributed by atoms with Crippen molar-refractivity contribution < 1.29 is 27.4 Å². The number of methoxy groups -OCH3 is 1. The van der Waals surface area contributed by atoms with Crippen molar-refractivity contribution in [3.8, 4) is 11.5 Å². The molecule has 1 aromatic heterocycles. The van der Waals surface area contributed by atoms with Gasteiger partial charge in [0.1, 0.15) is 11.5 Å². The van der Waals surface area contributed by atoms with Gasteiger partial charge in [-0.3, -0.25) is 0 Å². The summed E-state index contributed by atoms with van der Waals surface area (Å²) in [6.45, 7) is 0.794. The van der Waals surface area contributed by atoms with Crippen LogP contribution >= 0.6 is 0 Å². The summed E-state index contributed by atoms with van der Waals surface area (Å²) in [6, 6.07) is 8.29. The lowest BCUT2D eigenvalue weighted by Gasteiger charge is -2.14. The predicted octanol–water partition coefficient (Wildman–Crippen LogP) is 4.52. The summed E-state index contributed by atoms with van der Waals surface area (Å²) in [6.07, 6.45) is -2.08. The van der Waals surface area contributed by atoms with E-state index in [1.807, 2.05) is 31.3 Å². The van der Waals surface area contributed by atoms with Gasteiger partial charge in [-0.2, -0.15) is 13.2 Å². The average molecular weight is 406 g/mol. The third-order valence-corrected chi connectivity index (χ3v) is 4.52. The summed E-state index contributed by atoms with van der Waals surface area (Å²) in [5.74, 6) is -0.926. The molecule has 0 saturated heterocycles. The van der Waals surface area contributed by atoms with Crippen LogP contribution in [0.3, 0.4) is 0 Å². The Labute approximate surface area is 166 Å². The van der Waals surface area contributed by atoms with E-state index in [4.69, 9.17) is 9.47 Å². The second kappa shape index (κ2) is 8.16. The predicted molar refractivity (Wildman–Crippen MR) is 104 cm³/mol. The number of rotatable bonds is 6. The van der Waals surface area contributed by atoms with Crippen LogP contribution in [0.4, 0.5) is 13.2 Å². The van der Waals surface area contributed by atoms with Crippen molar-refractivity contribution in [1.29, 1.82) is 0 Å². The van der Waals surface area contributed by atoms with E-state index in [-0.39, 0.29) is 11.3 Å². The van der Waals surface area contributed by atoms with Crippen LogP contribution in [0.5, 0.6) is 11.5 Å². The molecule has 0 aliphatic heterocycles. The van der Waals surface area contributed by atoms with Crippen LogP contribution in [0.25, 0.3) is 10.9 Å². The van der Waals surface area contributed by atoms with E-state index in [1.165, 1.54) is 6.07 Å². The highest BCUT2D eigenvalue weighted by Gasteiger charge is 2.35. The first-order valence-electron chi connectivity index (χ1n) is 8.92. The van der Waals surface area contributed by atoms with E-state index < -0.39 is 17.7 Å². The highest BCUT2D eigenvalue weighted by molar-refractivity contribution is 5.96. The summed E-state index contributed by atoms with van der Waals surface area (Å²) in [5.41, 5.74) is 0.513. The Hall–Kier alpha value is -3.00. The number of carbonyl (C=O) groups excluding carboxylic acids is 1. The molecule has 0 saturated carbocycles. The van der Waals surface area contributed by atoms with Crippen molar-refractivity contribution >= 4 is 16.9 Å². The smallest absolute Gasteiger partial charge is 0.419 e. The minimum absolute atomic E-state index is 0.208. The van der Waals surface area contributed by atoms with Crippen LogP contribution in [0.2, 0.25) is 0 Å². The minimum Gasteiger partial charge on any atom is -0.496 e. The fourth-order valence-corrected chi connectivity index (χ4v) is 3.06. The van der Waals surface area contributed by atoms with Gasteiger partial charge in [-0.05, 0) is 56.4 Å². The molecule has 2 aromatic carbocycles. The molecule has 0 bridgehead atoms. The maximum atomic E-state index is 13.2. The Balaban J connectivity index is 1.93. The third-order valence-electron chi connectivity index (χ3n) is 4.52. The van der Waals surface area contributed by atoms with Crippen molar-refractivity contribution in [3.63, 3.8) is 0 Å². The lowest BCUT2D eigenvalue weighted by molar-refractivity contribution is -0.138. The normalized spacial score (nSPS) is 11.8. The number of aromatic nitrogens is 1. The van der Waals surface area contributed by atoms with Gasteiger partial charge >= 0.3 is 12.1 Å². The number of hydrogen-bond donors (Lipinski definition) is 1. The van der Waals surface area contributed by atoms with E-state index in [0.29, 0.717) is 5.75 Å². The zero-order chi connectivity index (χ0) is 21.2. The molecular weight excluding hydrogens is 385 g/mol. The van der Waals surface area contributed by atoms with Gasteiger partial charge in [-0.15, -0.1) is 0 Å². The fraction of sp³-hybridized carbons (Fsp3) is 0.286. The molecule has 0 unspecified atom stereocenters. The van der Waals surface area contributed by atoms with Crippen molar-refractivity contribution in [1.82, 2.24) is 9.88 Å². The Morgan fingerprint density at radius 3 is 2.55 bits per heavy atom. The molecule has 0 spiro atoms. The number of carbonyl (C=O) groups is 1. The van der Waals surface area contributed by atoms with E-state index >= 15 is 0 Å². The van der Waals surface area contributed by atoms with Gasteiger partial charge < -0.3 is 19.4 Å². The number of aromatic amines is 1. The molecule has 3 rings (SSSR count). The zero-order valence-corrected chi connectivity index (χ0v) is 16.3. The van der Waals surface area contributed by atoms with Crippen LogP contribution in [0, 0.1) is 0 Å². The maximum Gasteiger partial charge on any atom is 0.419 e. The average Bonchev–Trinajstić information content (AvgIpc) is 3.09. The Bertz CT molecular complexity index is 1030. The number of hydrogen-bond acceptors (Lipinski definition) is 4. The highest BCUT2D eigenvalue weighted by atomic mass is 19.4. The summed E-state index contributed by atoms with van der Waals surface area (Å²) < 4.78 is 49.9. The molecule has 0 fully saturated rings. The molecule has 0 radical (unpaired) electrons. The first-order valence-corrected chi connectivity index (χ1v) is 8.92. The number of esters is 1. The second-order valence-electron chi connectivity index (χ2n) is 6.85. The molecule has 0 atom stereocenters. The molecule has 5 nitrogen and oxygen atoms in total. The van der Waals surface area contributed by atoms with E-state index in [0.717, 1.165) is 48.7 Å². The second-order valence-corrected chi connectivity index (χ2v) is 6.85. The molecule has 0 aliphatic carbocycles. The molecule has 8 heteroatoms. The minimum atomic E-state index is -4.65. The Kier molecular flexibility index (Phi) is 5.83. The van der Waals surface area contributed by atoms with Crippen molar-refractivity contribution in [3.05, 3.63) is 59.3 Å². The van der Waals surface area contributed by atoms with Gasteiger partial charge in [-0.1, -0.05) is 6.07 Å². The summed E-state index contributed by atoms with van der Waals surface area (Å²) in [4.78, 5) is 17.8. The van der Waals surface area contributed by atoms with Crippen LogP contribution in [0.1, 0.15) is 21.5 Å². The molecule has 0 amide bonds. The van der Waals surface area contributed by atoms with Crippen LogP contribution in [0.15, 0.2) is 42.6 Å². The summed E-state index contributed by atoms with van der Waals surface area (Å²) in [7, 11) is 5.06. The maximum absolute atomic E-state index is 13.2. The number of likely N-dealkylation sites (N-methyl/N-ethyl adjacent to an activating group) is 1. The third kappa shape index (κ3) is 4.54. The Morgan fingerprint density at radius 1 is 1.14 bits per heavy atom. The topological polar surface area (TPSA) is 54.6 Å². The first kappa shape index (κ1) is 20.7. The van der Waals surface area contributed by atoms with Gasteiger partial charge in [0.05, 0.1) is 18.2 Å². The highest BCUT2D eigenvalue weighted by Crippen LogP contribution is 2.37. The number of fused-ring (bicyclic) bond motifs is 1. The quantitative estimate of drug-likeness (QED) is 0.483. The lowest BCUT2D eigenvalue weighted by Crippen LogP contribution is -2.15. The molecule has 0 aliphatic rings. The number of halogens is 3. The number of alkyl halides is 3. The van der Waals surface area contributed by atoms with Crippen LogP contribution in [-0.2, 0) is 12.6 Å². The monoisotopic (exact) mass is 406 g/mol. The molecule has 3 aromatic rings. The van der Waals surface area contributed by atoms with E-state index in [2.05, 4.69) is 4.98 Å². The SMILES string of the molecule is COc1ccc(C(=O)Oc2cccc3[nH]cc(CCN(C)C)c23)cc1C(F)(F)F. The van der Waals surface area contributed by atoms with Crippen molar-refractivity contribution in [2.45, 2.75) is 12.6 Å². The molecular formula is C21H21F3N2O3. The zero-order valence-electron chi connectivity index (χ0n) is 16.3. The first-order chi connectivity index (χ1) is 13.7.